The maximum absolute atomic E-state index is 13.4. The first kappa shape index (κ1) is 34.3. The summed E-state index contributed by atoms with van der Waals surface area (Å²) in [4.78, 5) is 48.5. The number of amides is 2. The molecule has 48 heavy (non-hydrogen) atoms. The Kier molecular flexibility index (Phi) is 11.9. The number of carboxylic acids is 1. The van der Waals surface area contributed by atoms with Crippen molar-refractivity contribution in [1.82, 2.24) is 20.2 Å². The van der Waals surface area contributed by atoms with Crippen LogP contribution in [0.3, 0.4) is 0 Å². The molecule has 1 aliphatic heterocycles. The van der Waals surface area contributed by atoms with Gasteiger partial charge in [0.2, 0.25) is 5.91 Å². The van der Waals surface area contributed by atoms with E-state index in [0.717, 1.165) is 53.0 Å². The van der Waals surface area contributed by atoms with E-state index in [2.05, 4.69) is 22.2 Å². The largest absolute Gasteiger partial charge is 0.494 e. The molecule has 0 spiro atoms. The van der Waals surface area contributed by atoms with Crippen molar-refractivity contribution in [3.05, 3.63) is 102 Å². The van der Waals surface area contributed by atoms with E-state index >= 15 is 0 Å². The molecule has 2 heterocycles. The number of hydrogen-bond acceptors (Lipinski definition) is 6. The van der Waals surface area contributed by atoms with E-state index in [0.29, 0.717) is 11.4 Å². The van der Waals surface area contributed by atoms with Crippen LogP contribution in [-0.4, -0.2) is 63.5 Å². The quantitative estimate of drug-likeness (QED) is 0.131. The Bertz CT molecular complexity index is 1650. The fourth-order valence-electron chi connectivity index (χ4n) is 5.66. The van der Waals surface area contributed by atoms with Crippen LogP contribution in [0.1, 0.15) is 67.4 Å². The third-order valence-corrected chi connectivity index (χ3v) is 8.78. The number of unbranched alkanes of at least 4 members (excludes halogenated alkanes) is 4. The minimum absolute atomic E-state index is 0.134. The lowest BCUT2D eigenvalue weighted by Crippen LogP contribution is -2.59. The van der Waals surface area contributed by atoms with Gasteiger partial charge in [0.25, 0.3) is 5.91 Å². The molecule has 1 aromatic heterocycles. The van der Waals surface area contributed by atoms with Crippen molar-refractivity contribution in [2.24, 2.45) is 5.92 Å². The fourth-order valence-corrected chi connectivity index (χ4v) is 5.66. The van der Waals surface area contributed by atoms with Crippen LogP contribution in [0.25, 0.3) is 22.5 Å². The number of carbonyl (C=O) groups is 3. The molecule has 2 N–H and O–H groups in total. The number of rotatable bonds is 16. The smallest absolute Gasteiger partial charge is 0.310 e. The summed E-state index contributed by atoms with van der Waals surface area (Å²) in [6.07, 6.45) is 10.7. The molecule has 3 aromatic carbocycles. The van der Waals surface area contributed by atoms with Gasteiger partial charge >= 0.3 is 5.97 Å². The summed E-state index contributed by atoms with van der Waals surface area (Å²) in [5, 5.41) is 12.2. The highest BCUT2D eigenvalue weighted by molar-refractivity contribution is 5.98. The highest BCUT2D eigenvalue weighted by atomic mass is 16.5. The number of likely N-dealkylation sites (tertiary alicyclic amines) is 1. The van der Waals surface area contributed by atoms with Crippen LogP contribution in [-0.2, 0) is 22.4 Å². The second-order valence-electron chi connectivity index (χ2n) is 12.3. The summed E-state index contributed by atoms with van der Waals surface area (Å²) < 4.78 is 5.89. The topological polar surface area (TPSA) is 122 Å². The van der Waals surface area contributed by atoms with E-state index in [9.17, 15) is 19.5 Å². The van der Waals surface area contributed by atoms with E-state index < -0.39 is 17.9 Å². The minimum Gasteiger partial charge on any atom is -0.494 e. The Balaban J connectivity index is 1.21. The van der Waals surface area contributed by atoms with Crippen LogP contribution in [0.2, 0.25) is 0 Å². The van der Waals surface area contributed by atoms with Gasteiger partial charge in [-0.05, 0) is 53.8 Å². The molecule has 250 valence electrons. The molecule has 0 bridgehead atoms. The summed E-state index contributed by atoms with van der Waals surface area (Å²) >= 11 is 0. The molecule has 0 saturated carbocycles. The van der Waals surface area contributed by atoms with Crippen molar-refractivity contribution >= 4 is 17.8 Å². The van der Waals surface area contributed by atoms with Gasteiger partial charge in [-0.3, -0.25) is 14.4 Å². The molecule has 1 saturated heterocycles. The molecule has 0 radical (unpaired) electrons. The Hall–Kier alpha value is -5.05. The molecule has 1 atom stereocenters. The first-order valence-corrected chi connectivity index (χ1v) is 16.9. The van der Waals surface area contributed by atoms with Crippen molar-refractivity contribution < 1.29 is 24.2 Å². The summed E-state index contributed by atoms with van der Waals surface area (Å²) in [6, 6.07) is 22.0. The molecule has 4 aromatic rings. The molecule has 0 aliphatic carbocycles. The van der Waals surface area contributed by atoms with Crippen molar-refractivity contribution in [3.8, 4) is 28.3 Å². The third kappa shape index (κ3) is 9.06. The predicted octanol–water partition coefficient (Wildman–Crippen LogP) is 6.61. The number of benzene rings is 3. The minimum atomic E-state index is -0.923. The Morgan fingerprint density at radius 1 is 0.812 bits per heavy atom. The summed E-state index contributed by atoms with van der Waals surface area (Å²) in [6.45, 7) is 5.25. The maximum atomic E-state index is 13.4. The van der Waals surface area contributed by atoms with Gasteiger partial charge in [-0.15, -0.1) is 0 Å². The lowest BCUT2D eigenvalue weighted by molar-refractivity contribution is -0.153. The van der Waals surface area contributed by atoms with Gasteiger partial charge < -0.3 is 20.1 Å². The fraction of sp³-hybridized carbons (Fsp3) is 0.359. The second kappa shape index (κ2) is 16.7. The Morgan fingerprint density at radius 2 is 1.44 bits per heavy atom. The van der Waals surface area contributed by atoms with Gasteiger partial charge in [0.15, 0.2) is 5.82 Å². The van der Waals surface area contributed by atoms with Gasteiger partial charge in [0.05, 0.1) is 12.5 Å². The van der Waals surface area contributed by atoms with Crippen molar-refractivity contribution in [3.63, 3.8) is 0 Å². The van der Waals surface area contributed by atoms with Gasteiger partial charge in [-0.25, -0.2) is 9.97 Å². The van der Waals surface area contributed by atoms with Gasteiger partial charge in [0.1, 0.15) is 11.8 Å². The van der Waals surface area contributed by atoms with E-state index in [1.807, 2.05) is 67.6 Å². The number of carbonyl (C=O) groups excluding carboxylic acids is 2. The number of carboxylic acid groups (broad SMARTS) is 1. The lowest BCUT2D eigenvalue weighted by Gasteiger charge is -2.39. The van der Waals surface area contributed by atoms with Crippen LogP contribution >= 0.6 is 0 Å². The lowest BCUT2D eigenvalue weighted by atomic mass is 9.96. The number of aliphatic carboxylic acids is 1. The van der Waals surface area contributed by atoms with Crippen molar-refractivity contribution in [2.45, 2.75) is 64.8 Å². The zero-order valence-corrected chi connectivity index (χ0v) is 27.7. The second-order valence-corrected chi connectivity index (χ2v) is 12.3. The first-order valence-electron chi connectivity index (χ1n) is 16.9. The average Bonchev–Trinajstić information content (AvgIpc) is 3.09. The first-order chi connectivity index (χ1) is 23.3. The van der Waals surface area contributed by atoms with E-state index in [1.54, 1.807) is 24.5 Å². The number of nitrogens with zero attached hydrogens (tertiary/aromatic N) is 3. The van der Waals surface area contributed by atoms with E-state index in [-0.39, 0.29) is 31.3 Å². The highest BCUT2D eigenvalue weighted by Gasteiger charge is 2.38. The highest BCUT2D eigenvalue weighted by Crippen LogP contribution is 2.24. The molecule has 1 fully saturated rings. The van der Waals surface area contributed by atoms with Crippen LogP contribution in [0.15, 0.2) is 85.2 Å². The standard InChI is InChI=1S/C39H44N4O5/c1-3-5-6-7-8-21-48-34-19-17-29(18-20-34)32-23-40-36(41-24-32)30-13-11-28(12-14-30)22-35(38(45)43-25-33(26-43)39(46)47)42-37(44)31-15-9-27(4-2)10-16-31/h9-20,23-24,33,35H,3-8,21-22,25-26H2,1-2H3,(H,42,44)(H,46,47). The molecule has 1 unspecified atom stereocenters. The average molecular weight is 649 g/mol. The van der Waals surface area contributed by atoms with Crippen molar-refractivity contribution in [2.75, 3.05) is 19.7 Å². The van der Waals surface area contributed by atoms with Gasteiger partial charge in [0, 0.05) is 48.6 Å². The third-order valence-electron chi connectivity index (χ3n) is 8.78. The van der Waals surface area contributed by atoms with E-state index in [4.69, 9.17) is 4.74 Å². The maximum Gasteiger partial charge on any atom is 0.310 e. The van der Waals surface area contributed by atoms with Gasteiger partial charge in [-0.1, -0.05) is 88.1 Å². The SMILES string of the molecule is CCCCCCCOc1ccc(-c2cnc(-c3ccc(CC(NC(=O)c4ccc(CC)cc4)C(=O)N4CC(C(=O)O)C4)cc3)nc2)cc1. The van der Waals surface area contributed by atoms with Crippen LogP contribution in [0, 0.1) is 5.92 Å². The van der Waals surface area contributed by atoms with Gasteiger partial charge in [-0.2, -0.15) is 0 Å². The molecular formula is C39H44N4O5. The van der Waals surface area contributed by atoms with E-state index in [1.165, 1.54) is 30.6 Å². The molecular weight excluding hydrogens is 604 g/mol. The molecule has 9 nitrogen and oxygen atoms in total. The number of ether oxygens (including phenoxy) is 1. The van der Waals surface area contributed by atoms with Crippen molar-refractivity contribution in [1.29, 1.82) is 0 Å². The number of aromatic nitrogens is 2. The summed E-state index contributed by atoms with van der Waals surface area (Å²) in [7, 11) is 0. The number of aryl methyl sites for hydroxylation is 1. The zero-order chi connectivity index (χ0) is 33.9. The monoisotopic (exact) mass is 648 g/mol. The zero-order valence-electron chi connectivity index (χ0n) is 27.7. The van der Waals surface area contributed by atoms with Crippen LogP contribution in [0.5, 0.6) is 5.75 Å². The molecule has 9 heteroatoms. The predicted molar refractivity (Wildman–Crippen MR) is 186 cm³/mol. The number of hydrogen-bond donors (Lipinski definition) is 2. The summed E-state index contributed by atoms with van der Waals surface area (Å²) in [5.74, 6) is -0.721. The Labute approximate surface area is 282 Å². The van der Waals surface area contributed by atoms with Crippen LogP contribution in [0.4, 0.5) is 0 Å². The number of nitrogens with one attached hydrogen (secondary N) is 1. The normalized spacial score (nSPS) is 13.4. The molecule has 5 rings (SSSR count). The Morgan fingerprint density at radius 3 is 2.06 bits per heavy atom. The summed E-state index contributed by atoms with van der Waals surface area (Å²) in [5.41, 5.74) is 5.14. The molecule has 2 amide bonds. The van der Waals surface area contributed by atoms with Crippen LogP contribution < -0.4 is 10.1 Å². The molecule has 1 aliphatic rings.